The second kappa shape index (κ2) is 6.03. The van der Waals surface area contributed by atoms with Gasteiger partial charge in [0, 0.05) is 24.2 Å². The zero-order chi connectivity index (χ0) is 14.2. The third kappa shape index (κ3) is 2.27. The molecule has 2 aromatic heterocycles. The summed E-state index contributed by atoms with van der Waals surface area (Å²) in [5, 5.41) is 0. The second-order valence-electron chi connectivity index (χ2n) is 4.99. The third-order valence-electron chi connectivity index (χ3n) is 3.74. The number of fused-ring (bicyclic) bond motifs is 3. The average molecular weight is 332 g/mol. The summed E-state index contributed by atoms with van der Waals surface area (Å²) in [5.41, 5.74) is 4.44. The molecule has 0 radical (unpaired) electrons. The van der Waals surface area contributed by atoms with Crippen LogP contribution in [0.2, 0.25) is 0 Å². The standard InChI is InChI=1S/C17H14ClN3.ClH/c18-10-11-20-15-8-4-5-9-16(15)21-12-14(19-17(20)21)13-6-2-1-3-7-13;/h1-9,12H,10-11H2;1H. The van der Waals surface area contributed by atoms with Gasteiger partial charge in [0.05, 0.1) is 16.7 Å². The van der Waals surface area contributed by atoms with E-state index in [1.165, 1.54) is 5.52 Å². The van der Waals surface area contributed by atoms with E-state index in [4.69, 9.17) is 16.6 Å². The molecule has 0 atom stereocenters. The Labute approximate surface area is 139 Å². The van der Waals surface area contributed by atoms with Crippen LogP contribution in [0.1, 0.15) is 0 Å². The lowest BCUT2D eigenvalue weighted by Gasteiger charge is -2.01. The van der Waals surface area contributed by atoms with E-state index >= 15 is 0 Å². The Morgan fingerprint density at radius 2 is 1.59 bits per heavy atom. The summed E-state index contributed by atoms with van der Waals surface area (Å²) in [4.78, 5) is 4.81. The molecule has 0 fully saturated rings. The first kappa shape index (κ1) is 14.9. The van der Waals surface area contributed by atoms with Crippen LogP contribution in [0, 0.1) is 0 Å². The molecule has 22 heavy (non-hydrogen) atoms. The van der Waals surface area contributed by atoms with Crippen molar-refractivity contribution in [3.8, 4) is 11.3 Å². The number of hydrogen-bond acceptors (Lipinski definition) is 1. The molecule has 0 aliphatic heterocycles. The molecule has 0 bridgehead atoms. The molecule has 0 unspecified atom stereocenters. The Hall–Kier alpha value is -1.97. The van der Waals surface area contributed by atoms with Crippen LogP contribution in [0.5, 0.6) is 0 Å². The molecule has 2 aromatic carbocycles. The Kier molecular flexibility index (Phi) is 4.10. The van der Waals surface area contributed by atoms with E-state index in [0.29, 0.717) is 5.88 Å². The largest absolute Gasteiger partial charge is 0.308 e. The van der Waals surface area contributed by atoms with Crippen LogP contribution in [0.3, 0.4) is 0 Å². The van der Waals surface area contributed by atoms with Crippen LogP contribution in [-0.4, -0.2) is 19.8 Å². The molecule has 3 nitrogen and oxygen atoms in total. The summed E-state index contributed by atoms with van der Waals surface area (Å²) in [6.07, 6.45) is 2.09. The molecule has 0 spiro atoms. The number of aryl methyl sites for hydroxylation is 1. The van der Waals surface area contributed by atoms with Crippen LogP contribution >= 0.6 is 24.0 Å². The monoisotopic (exact) mass is 331 g/mol. The highest BCUT2D eigenvalue weighted by Gasteiger charge is 2.13. The molecule has 2 heterocycles. The van der Waals surface area contributed by atoms with Crippen molar-refractivity contribution < 1.29 is 0 Å². The van der Waals surface area contributed by atoms with Gasteiger partial charge in [-0.1, -0.05) is 42.5 Å². The van der Waals surface area contributed by atoms with Crippen molar-refractivity contribution in [2.75, 3.05) is 5.88 Å². The van der Waals surface area contributed by atoms with E-state index in [9.17, 15) is 0 Å². The van der Waals surface area contributed by atoms with Crippen LogP contribution in [0.25, 0.3) is 28.1 Å². The van der Waals surface area contributed by atoms with E-state index in [-0.39, 0.29) is 12.4 Å². The third-order valence-corrected chi connectivity index (χ3v) is 3.91. The zero-order valence-corrected chi connectivity index (χ0v) is 13.4. The summed E-state index contributed by atoms with van der Waals surface area (Å²) in [5.74, 6) is 1.51. The fourth-order valence-corrected chi connectivity index (χ4v) is 2.96. The molecule has 0 saturated heterocycles. The molecule has 5 heteroatoms. The topological polar surface area (TPSA) is 22.2 Å². The molecule has 0 saturated carbocycles. The van der Waals surface area contributed by atoms with Crippen molar-refractivity contribution in [1.29, 1.82) is 0 Å². The lowest BCUT2D eigenvalue weighted by atomic mass is 10.2. The zero-order valence-electron chi connectivity index (χ0n) is 11.8. The molecular weight excluding hydrogens is 317 g/mol. The molecule has 4 rings (SSSR count). The molecular formula is C17H15Cl2N3. The quantitative estimate of drug-likeness (QED) is 0.502. The lowest BCUT2D eigenvalue weighted by Crippen LogP contribution is -1.99. The van der Waals surface area contributed by atoms with Crippen molar-refractivity contribution in [2.45, 2.75) is 6.54 Å². The van der Waals surface area contributed by atoms with Crippen LogP contribution in [0.15, 0.2) is 60.8 Å². The Bertz CT molecular complexity index is 910. The Morgan fingerprint density at radius 3 is 2.32 bits per heavy atom. The number of imidazole rings is 2. The summed E-state index contributed by atoms with van der Waals surface area (Å²) >= 11 is 5.96. The average Bonchev–Trinajstić information content (AvgIpc) is 3.08. The van der Waals surface area contributed by atoms with E-state index in [1.807, 2.05) is 24.3 Å². The maximum Gasteiger partial charge on any atom is 0.215 e. The van der Waals surface area contributed by atoms with Crippen molar-refractivity contribution in [1.82, 2.24) is 14.0 Å². The lowest BCUT2D eigenvalue weighted by molar-refractivity contribution is 0.813. The van der Waals surface area contributed by atoms with Crippen molar-refractivity contribution >= 4 is 40.8 Å². The number of para-hydroxylation sites is 2. The minimum Gasteiger partial charge on any atom is -0.308 e. The minimum atomic E-state index is 0. The van der Waals surface area contributed by atoms with Gasteiger partial charge in [-0.05, 0) is 12.1 Å². The number of aromatic nitrogens is 3. The SMILES string of the molecule is Cl.ClCCn1c2ccccc2n2cc(-c3ccccc3)nc12. The maximum absolute atomic E-state index is 5.96. The van der Waals surface area contributed by atoms with Gasteiger partial charge in [0.2, 0.25) is 5.78 Å². The van der Waals surface area contributed by atoms with E-state index in [0.717, 1.165) is 29.1 Å². The van der Waals surface area contributed by atoms with Gasteiger partial charge in [-0.2, -0.15) is 0 Å². The molecule has 0 amide bonds. The second-order valence-corrected chi connectivity index (χ2v) is 5.37. The number of alkyl halides is 1. The first-order valence-electron chi connectivity index (χ1n) is 6.96. The van der Waals surface area contributed by atoms with Gasteiger partial charge in [0.15, 0.2) is 0 Å². The number of nitrogens with zero attached hydrogens (tertiary/aromatic N) is 3. The van der Waals surface area contributed by atoms with Gasteiger partial charge in [-0.15, -0.1) is 24.0 Å². The normalized spacial score (nSPS) is 11.0. The van der Waals surface area contributed by atoms with Gasteiger partial charge >= 0.3 is 0 Å². The van der Waals surface area contributed by atoms with Crippen molar-refractivity contribution in [3.05, 3.63) is 60.8 Å². The highest BCUT2D eigenvalue weighted by molar-refractivity contribution is 6.17. The fraction of sp³-hybridized carbons (Fsp3) is 0.118. The first-order valence-corrected chi connectivity index (χ1v) is 7.49. The number of halogens is 2. The smallest absolute Gasteiger partial charge is 0.215 e. The Morgan fingerprint density at radius 1 is 0.909 bits per heavy atom. The van der Waals surface area contributed by atoms with E-state index in [1.54, 1.807) is 0 Å². The molecule has 0 aliphatic rings. The van der Waals surface area contributed by atoms with Gasteiger partial charge < -0.3 is 4.57 Å². The molecule has 0 N–H and O–H groups in total. The van der Waals surface area contributed by atoms with Crippen LogP contribution in [0.4, 0.5) is 0 Å². The van der Waals surface area contributed by atoms with Crippen molar-refractivity contribution in [2.24, 2.45) is 0 Å². The van der Waals surface area contributed by atoms with Gasteiger partial charge in [0.25, 0.3) is 0 Å². The van der Waals surface area contributed by atoms with Gasteiger partial charge in [-0.25, -0.2) is 4.98 Å². The van der Waals surface area contributed by atoms with Crippen LogP contribution < -0.4 is 0 Å². The molecule has 112 valence electrons. The number of rotatable bonds is 3. The van der Waals surface area contributed by atoms with E-state index in [2.05, 4.69) is 45.5 Å². The summed E-state index contributed by atoms with van der Waals surface area (Å²) in [6, 6.07) is 18.6. The first-order chi connectivity index (χ1) is 10.4. The summed E-state index contributed by atoms with van der Waals surface area (Å²) in [6.45, 7) is 0.754. The fourth-order valence-electron chi connectivity index (χ4n) is 2.79. The maximum atomic E-state index is 5.96. The Balaban J connectivity index is 0.00000144. The number of hydrogen-bond donors (Lipinski definition) is 0. The van der Waals surface area contributed by atoms with E-state index < -0.39 is 0 Å². The summed E-state index contributed by atoms with van der Waals surface area (Å²) in [7, 11) is 0. The molecule has 4 aromatic rings. The van der Waals surface area contributed by atoms with Gasteiger partial charge in [0.1, 0.15) is 0 Å². The van der Waals surface area contributed by atoms with Crippen LogP contribution in [-0.2, 0) is 6.54 Å². The highest BCUT2D eigenvalue weighted by atomic mass is 35.5. The predicted octanol–water partition coefficient (Wildman–Crippen LogP) is 4.62. The predicted molar refractivity (Wildman–Crippen MR) is 94.1 cm³/mol. The number of benzene rings is 2. The summed E-state index contributed by atoms with van der Waals surface area (Å²) < 4.78 is 4.32. The van der Waals surface area contributed by atoms with Gasteiger partial charge in [-0.3, -0.25) is 4.40 Å². The highest BCUT2D eigenvalue weighted by Crippen LogP contribution is 2.25. The molecule has 0 aliphatic carbocycles. The van der Waals surface area contributed by atoms with Crippen molar-refractivity contribution in [3.63, 3.8) is 0 Å². The minimum absolute atomic E-state index is 0.